The summed E-state index contributed by atoms with van der Waals surface area (Å²) in [5, 5.41) is 14.2. The monoisotopic (exact) mass is 292 g/mol. The van der Waals surface area contributed by atoms with Gasteiger partial charge in [-0.1, -0.05) is 12.1 Å². The van der Waals surface area contributed by atoms with E-state index in [2.05, 4.69) is 10.2 Å². The van der Waals surface area contributed by atoms with Crippen LogP contribution in [0.5, 0.6) is 0 Å². The molecule has 0 aromatic heterocycles. The van der Waals surface area contributed by atoms with Crippen molar-refractivity contribution in [2.24, 2.45) is 11.7 Å². The number of likely N-dealkylation sites (tertiary alicyclic amines) is 1. The average molecular weight is 292 g/mol. The first-order chi connectivity index (χ1) is 10.0. The first kappa shape index (κ1) is 15.2. The molecule has 21 heavy (non-hydrogen) atoms. The number of nitro benzene ring substituents is 1. The summed E-state index contributed by atoms with van der Waals surface area (Å²) in [6.45, 7) is 4.49. The quantitative estimate of drug-likeness (QED) is 0.608. The van der Waals surface area contributed by atoms with Crippen molar-refractivity contribution >= 4 is 17.3 Å². The van der Waals surface area contributed by atoms with Gasteiger partial charge in [0, 0.05) is 25.7 Å². The van der Waals surface area contributed by atoms with E-state index >= 15 is 0 Å². The largest absolute Gasteiger partial charge is 0.380 e. The van der Waals surface area contributed by atoms with Crippen LogP contribution in [0.3, 0.4) is 0 Å². The number of carbonyl (C=O) groups is 1. The lowest BCUT2D eigenvalue weighted by molar-refractivity contribution is -0.384. The lowest BCUT2D eigenvalue weighted by Crippen LogP contribution is -2.27. The summed E-state index contributed by atoms with van der Waals surface area (Å²) >= 11 is 0. The van der Waals surface area contributed by atoms with E-state index in [-0.39, 0.29) is 22.4 Å². The Bertz CT molecular complexity index is 547. The molecule has 2 rings (SSSR count). The minimum Gasteiger partial charge on any atom is -0.380 e. The lowest BCUT2D eigenvalue weighted by Gasteiger charge is -2.18. The molecule has 1 aliphatic rings. The number of primary amides is 1. The summed E-state index contributed by atoms with van der Waals surface area (Å²) in [5.41, 5.74) is 6.84. The third-order valence-corrected chi connectivity index (χ3v) is 3.75. The predicted octanol–water partition coefficient (Wildman–Crippen LogP) is 1.33. The van der Waals surface area contributed by atoms with Gasteiger partial charge in [0.1, 0.15) is 5.69 Å². The van der Waals surface area contributed by atoms with Gasteiger partial charge in [0.2, 0.25) is 5.91 Å². The highest BCUT2D eigenvalue weighted by Gasteiger charge is 2.27. The van der Waals surface area contributed by atoms with Crippen molar-refractivity contribution in [1.82, 2.24) is 4.90 Å². The Balaban J connectivity index is 2.18. The van der Waals surface area contributed by atoms with Gasteiger partial charge in [-0.3, -0.25) is 19.8 Å². The third-order valence-electron chi connectivity index (χ3n) is 3.75. The van der Waals surface area contributed by atoms with E-state index in [9.17, 15) is 14.9 Å². The zero-order valence-corrected chi connectivity index (χ0v) is 12.0. The number of hydrogen-bond donors (Lipinski definition) is 2. The van der Waals surface area contributed by atoms with Crippen LogP contribution in [0.25, 0.3) is 0 Å². The van der Waals surface area contributed by atoms with Gasteiger partial charge in [-0.2, -0.15) is 0 Å². The average Bonchev–Trinajstić information content (AvgIpc) is 2.89. The molecule has 1 aliphatic heterocycles. The van der Waals surface area contributed by atoms with Crippen molar-refractivity contribution in [3.8, 4) is 0 Å². The zero-order valence-electron chi connectivity index (χ0n) is 12.0. The summed E-state index contributed by atoms with van der Waals surface area (Å²) in [7, 11) is 0. The molecule has 114 valence electrons. The molecule has 1 unspecified atom stereocenters. The maximum atomic E-state index is 11.2. The number of nitrogens with one attached hydrogen (secondary N) is 1. The molecular formula is C14H20N4O3. The van der Waals surface area contributed by atoms with Crippen LogP contribution in [0.1, 0.15) is 18.9 Å². The molecule has 0 saturated carbocycles. The molecule has 3 N–H and O–H groups in total. The van der Waals surface area contributed by atoms with Crippen LogP contribution in [-0.4, -0.2) is 35.4 Å². The fourth-order valence-electron chi connectivity index (χ4n) is 2.70. The van der Waals surface area contributed by atoms with Crippen LogP contribution in [0, 0.1) is 16.0 Å². The Hall–Kier alpha value is -2.15. The number of rotatable bonds is 6. The highest BCUT2D eigenvalue weighted by molar-refractivity contribution is 5.77. The summed E-state index contributed by atoms with van der Waals surface area (Å²) < 4.78 is 0. The highest BCUT2D eigenvalue weighted by Crippen LogP contribution is 2.30. The minimum absolute atomic E-state index is 0.0833. The maximum absolute atomic E-state index is 11.2. The van der Waals surface area contributed by atoms with Gasteiger partial charge < -0.3 is 11.1 Å². The van der Waals surface area contributed by atoms with Crippen molar-refractivity contribution in [2.45, 2.75) is 19.9 Å². The molecule has 1 fully saturated rings. The maximum Gasteiger partial charge on any atom is 0.292 e. The summed E-state index contributed by atoms with van der Waals surface area (Å²) in [5.74, 6) is -0.394. The molecule has 1 aromatic carbocycles. The first-order valence-electron chi connectivity index (χ1n) is 7.04. The highest BCUT2D eigenvalue weighted by atomic mass is 16.6. The topological polar surface area (TPSA) is 102 Å². The molecule has 0 spiro atoms. The molecule has 1 heterocycles. The van der Waals surface area contributed by atoms with Crippen LogP contribution < -0.4 is 11.1 Å². The van der Waals surface area contributed by atoms with Gasteiger partial charge in [-0.05, 0) is 25.5 Å². The van der Waals surface area contributed by atoms with Crippen molar-refractivity contribution in [3.05, 3.63) is 33.9 Å². The fraction of sp³-hybridized carbons (Fsp3) is 0.500. The van der Waals surface area contributed by atoms with E-state index in [1.54, 1.807) is 6.07 Å². The van der Waals surface area contributed by atoms with E-state index in [0.717, 1.165) is 18.5 Å². The van der Waals surface area contributed by atoms with Crippen molar-refractivity contribution in [2.75, 3.05) is 25.0 Å². The van der Waals surface area contributed by atoms with Gasteiger partial charge >= 0.3 is 0 Å². The lowest BCUT2D eigenvalue weighted by atomic mass is 10.1. The number of nitro groups is 1. The second-order valence-corrected chi connectivity index (χ2v) is 5.22. The zero-order chi connectivity index (χ0) is 15.4. The Kier molecular flexibility index (Phi) is 4.74. The number of hydrogen-bond acceptors (Lipinski definition) is 5. The molecule has 0 radical (unpaired) electrons. The second-order valence-electron chi connectivity index (χ2n) is 5.22. The van der Waals surface area contributed by atoms with Crippen LogP contribution in [0.15, 0.2) is 18.2 Å². The Morgan fingerprint density at radius 3 is 2.90 bits per heavy atom. The number of nitrogens with two attached hydrogens (primary N) is 1. The van der Waals surface area contributed by atoms with Crippen molar-refractivity contribution < 1.29 is 9.72 Å². The molecule has 1 aromatic rings. The fourth-order valence-corrected chi connectivity index (χ4v) is 2.70. The summed E-state index contributed by atoms with van der Waals surface area (Å²) in [4.78, 5) is 24.1. The normalized spacial score (nSPS) is 18.6. The molecule has 7 nitrogen and oxygen atoms in total. The minimum atomic E-state index is -0.377. The van der Waals surface area contributed by atoms with Crippen LogP contribution in [0.2, 0.25) is 0 Å². The Labute approximate surface area is 123 Å². The van der Waals surface area contributed by atoms with Crippen molar-refractivity contribution in [1.29, 1.82) is 0 Å². The van der Waals surface area contributed by atoms with Gasteiger partial charge in [0.25, 0.3) is 5.69 Å². The van der Waals surface area contributed by atoms with E-state index in [4.69, 9.17) is 5.73 Å². The van der Waals surface area contributed by atoms with Gasteiger partial charge in [0.15, 0.2) is 0 Å². The van der Waals surface area contributed by atoms with E-state index in [1.165, 1.54) is 6.07 Å². The van der Waals surface area contributed by atoms with Gasteiger partial charge in [0.05, 0.1) is 10.8 Å². The molecule has 0 bridgehead atoms. The molecule has 1 saturated heterocycles. The number of nitrogens with zero attached hydrogens (tertiary/aromatic N) is 2. The smallest absolute Gasteiger partial charge is 0.292 e. The molecular weight excluding hydrogens is 272 g/mol. The second kappa shape index (κ2) is 6.53. The number of amides is 1. The summed E-state index contributed by atoms with van der Waals surface area (Å²) in [6.07, 6.45) is 0.751. The first-order valence-corrected chi connectivity index (χ1v) is 7.04. The van der Waals surface area contributed by atoms with Crippen LogP contribution >= 0.6 is 0 Å². The van der Waals surface area contributed by atoms with E-state index < -0.39 is 0 Å². The molecule has 7 heteroatoms. The Morgan fingerprint density at radius 2 is 2.33 bits per heavy atom. The van der Waals surface area contributed by atoms with E-state index in [1.807, 2.05) is 13.0 Å². The molecule has 1 amide bonds. The van der Waals surface area contributed by atoms with E-state index in [0.29, 0.717) is 25.3 Å². The SMILES string of the molecule is CCNc1c(CN2CCC(C(N)=O)C2)cccc1[N+](=O)[O-]. The predicted molar refractivity (Wildman–Crippen MR) is 79.8 cm³/mol. The number of carbonyl (C=O) groups excluding carboxylic acids is 1. The number of para-hydroxylation sites is 1. The van der Waals surface area contributed by atoms with Crippen molar-refractivity contribution in [3.63, 3.8) is 0 Å². The third kappa shape index (κ3) is 3.49. The standard InChI is InChI=1S/C14H20N4O3/c1-2-16-13-10(4-3-5-12(13)18(20)21)8-17-7-6-11(9-17)14(15)19/h3-5,11,16H,2,6-9H2,1H3,(H2,15,19). The Morgan fingerprint density at radius 1 is 1.57 bits per heavy atom. The molecule has 0 aliphatic carbocycles. The van der Waals surface area contributed by atoms with Gasteiger partial charge in [-0.25, -0.2) is 0 Å². The number of benzene rings is 1. The summed E-state index contributed by atoms with van der Waals surface area (Å²) in [6, 6.07) is 5.07. The van der Waals surface area contributed by atoms with Gasteiger partial charge in [-0.15, -0.1) is 0 Å². The molecule has 1 atom stereocenters. The number of anilines is 1. The van der Waals surface area contributed by atoms with Crippen LogP contribution in [0.4, 0.5) is 11.4 Å². The van der Waals surface area contributed by atoms with Crippen LogP contribution in [-0.2, 0) is 11.3 Å².